The van der Waals surface area contributed by atoms with Crippen LogP contribution in [-0.2, 0) is 16.1 Å². The van der Waals surface area contributed by atoms with Gasteiger partial charge in [0.2, 0.25) is 0 Å². The van der Waals surface area contributed by atoms with Crippen molar-refractivity contribution < 1.29 is 9.53 Å². The third kappa shape index (κ3) is 5.58. The molecule has 1 N–H and O–H groups in total. The Kier molecular flexibility index (Phi) is 8.67. The third-order valence-corrected chi connectivity index (χ3v) is 4.56. The number of rotatable bonds is 5. The number of hydrogen-bond acceptors (Lipinski definition) is 4. The summed E-state index contributed by atoms with van der Waals surface area (Å²) in [6.07, 6.45) is 0.963. The number of aliphatic imine (C=N–C) groups is 1. The van der Waals surface area contributed by atoms with Crippen molar-refractivity contribution in [3.05, 3.63) is 17.5 Å². The normalized spacial score (nSPS) is 20.4. The van der Waals surface area contributed by atoms with Crippen LogP contribution in [0.2, 0.25) is 0 Å². The lowest BCUT2D eigenvalue weighted by Gasteiger charge is -2.21. The maximum Gasteiger partial charge on any atom is 0.310 e. The van der Waals surface area contributed by atoms with Crippen LogP contribution in [0.3, 0.4) is 0 Å². The smallest absolute Gasteiger partial charge is 0.310 e. The van der Waals surface area contributed by atoms with Crippen molar-refractivity contribution in [2.45, 2.75) is 33.7 Å². The van der Waals surface area contributed by atoms with Gasteiger partial charge in [-0.15, -0.1) is 24.0 Å². The van der Waals surface area contributed by atoms with E-state index in [1.54, 1.807) is 7.05 Å². The number of carbonyl (C=O) groups is 1. The molecule has 7 nitrogen and oxygen atoms in total. The monoisotopic (exact) mass is 463 g/mol. The lowest BCUT2D eigenvalue weighted by atomic mass is 9.99. The van der Waals surface area contributed by atoms with E-state index in [0.717, 1.165) is 37.7 Å². The number of guanidine groups is 1. The van der Waals surface area contributed by atoms with E-state index in [0.29, 0.717) is 6.54 Å². The third-order valence-electron chi connectivity index (χ3n) is 4.56. The summed E-state index contributed by atoms with van der Waals surface area (Å²) < 4.78 is 6.92. The van der Waals surface area contributed by atoms with Crippen LogP contribution in [-0.4, -0.2) is 60.4 Å². The van der Waals surface area contributed by atoms with Crippen LogP contribution in [0.4, 0.5) is 0 Å². The van der Waals surface area contributed by atoms with E-state index in [1.165, 1.54) is 12.8 Å². The van der Waals surface area contributed by atoms with Crippen molar-refractivity contribution in [1.29, 1.82) is 0 Å². The standard InChI is InChI=1S/C17H29N5O2.HI/c1-12-10-21(11-15(12)16(23)24-5)17(18-4)19-7-6-8-22-14(3)9-13(2)20-22;/h9,12,15H,6-8,10-11H2,1-5H3,(H,18,19);1H. The highest BCUT2D eigenvalue weighted by Gasteiger charge is 2.36. The maximum absolute atomic E-state index is 11.8. The van der Waals surface area contributed by atoms with Crippen molar-refractivity contribution in [2.75, 3.05) is 33.8 Å². The second-order valence-electron chi connectivity index (χ2n) is 6.49. The number of nitrogens with zero attached hydrogens (tertiary/aromatic N) is 4. The molecule has 0 spiro atoms. The molecule has 8 heteroatoms. The molecule has 0 amide bonds. The molecule has 1 fully saturated rings. The average Bonchev–Trinajstić information content (AvgIpc) is 3.09. The fourth-order valence-electron chi connectivity index (χ4n) is 3.26. The summed E-state index contributed by atoms with van der Waals surface area (Å²) in [5.74, 6) is 0.903. The zero-order chi connectivity index (χ0) is 17.7. The van der Waals surface area contributed by atoms with Crippen molar-refractivity contribution in [3.63, 3.8) is 0 Å². The fraction of sp³-hybridized carbons (Fsp3) is 0.706. The first-order valence-corrected chi connectivity index (χ1v) is 8.50. The van der Waals surface area contributed by atoms with E-state index in [2.05, 4.69) is 40.2 Å². The number of aromatic nitrogens is 2. The molecule has 0 bridgehead atoms. The molecule has 1 aliphatic rings. The number of likely N-dealkylation sites (tertiary alicyclic amines) is 1. The number of esters is 1. The number of ether oxygens (including phenoxy) is 1. The molecule has 2 atom stereocenters. The Morgan fingerprint density at radius 1 is 1.44 bits per heavy atom. The van der Waals surface area contributed by atoms with Gasteiger partial charge in [-0.2, -0.15) is 5.10 Å². The lowest BCUT2D eigenvalue weighted by Crippen LogP contribution is -2.41. The second-order valence-corrected chi connectivity index (χ2v) is 6.49. The van der Waals surface area contributed by atoms with Crippen LogP contribution in [0.5, 0.6) is 0 Å². The molecule has 1 aromatic heterocycles. The molecule has 0 aromatic carbocycles. The average molecular weight is 463 g/mol. The van der Waals surface area contributed by atoms with Crippen molar-refractivity contribution in [2.24, 2.45) is 16.8 Å². The zero-order valence-corrected chi connectivity index (χ0v) is 18.1. The first-order chi connectivity index (χ1) is 11.5. The Hall–Kier alpha value is -1.32. The number of nitrogens with one attached hydrogen (secondary N) is 1. The van der Waals surface area contributed by atoms with E-state index in [1.807, 2.05) is 11.6 Å². The summed E-state index contributed by atoms with van der Waals surface area (Å²) in [6.45, 7) is 9.34. The summed E-state index contributed by atoms with van der Waals surface area (Å²) in [4.78, 5) is 18.3. The van der Waals surface area contributed by atoms with Gasteiger partial charge in [0.15, 0.2) is 5.96 Å². The molecule has 1 saturated heterocycles. The molecule has 2 unspecified atom stereocenters. The molecule has 0 radical (unpaired) electrons. The van der Waals surface area contributed by atoms with Gasteiger partial charge in [-0.25, -0.2) is 0 Å². The minimum absolute atomic E-state index is 0. The summed E-state index contributed by atoms with van der Waals surface area (Å²) >= 11 is 0. The van der Waals surface area contributed by atoms with Gasteiger partial charge in [-0.1, -0.05) is 6.92 Å². The highest BCUT2D eigenvalue weighted by atomic mass is 127. The number of hydrogen-bond donors (Lipinski definition) is 1. The Labute approximate surface area is 167 Å². The first kappa shape index (κ1) is 21.7. The van der Waals surface area contributed by atoms with Crippen LogP contribution in [0, 0.1) is 25.7 Å². The predicted octanol–water partition coefficient (Wildman–Crippen LogP) is 1.82. The molecule has 1 aromatic rings. The molecular formula is C17H30IN5O2. The SMILES string of the molecule is CN=C(NCCCn1nc(C)cc1C)N1CC(C)C(C(=O)OC)C1.I. The topological polar surface area (TPSA) is 71.8 Å². The van der Waals surface area contributed by atoms with Crippen molar-refractivity contribution >= 4 is 35.9 Å². The molecule has 0 aliphatic carbocycles. The minimum Gasteiger partial charge on any atom is -0.469 e. The molecule has 142 valence electrons. The zero-order valence-electron chi connectivity index (χ0n) is 15.8. The molecule has 0 saturated carbocycles. The van der Waals surface area contributed by atoms with Crippen molar-refractivity contribution in [3.8, 4) is 0 Å². The van der Waals surface area contributed by atoms with Crippen LogP contribution in [0.1, 0.15) is 24.7 Å². The molecular weight excluding hydrogens is 433 g/mol. The number of carbonyl (C=O) groups excluding carboxylic acids is 1. The van der Waals surface area contributed by atoms with Crippen molar-refractivity contribution in [1.82, 2.24) is 20.0 Å². The molecule has 2 rings (SSSR count). The maximum atomic E-state index is 11.8. The van der Waals surface area contributed by atoms with Gasteiger partial charge in [0.25, 0.3) is 0 Å². The predicted molar refractivity (Wildman–Crippen MR) is 109 cm³/mol. The summed E-state index contributed by atoms with van der Waals surface area (Å²) in [5, 5.41) is 7.86. The van der Waals surface area contributed by atoms with E-state index >= 15 is 0 Å². The van der Waals surface area contributed by atoms with Crippen LogP contribution < -0.4 is 5.32 Å². The van der Waals surface area contributed by atoms with Gasteiger partial charge < -0.3 is 15.0 Å². The van der Waals surface area contributed by atoms with Gasteiger partial charge in [-0.05, 0) is 32.3 Å². The van der Waals surface area contributed by atoms with E-state index in [4.69, 9.17) is 4.74 Å². The Bertz CT molecular complexity index is 602. The Morgan fingerprint density at radius 2 is 2.16 bits per heavy atom. The van der Waals surface area contributed by atoms with Gasteiger partial charge in [-0.3, -0.25) is 14.5 Å². The Balaban J connectivity index is 0.00000312. The van der Waals surface area contributed by atoms with Gasteiger partial charge >= 0.3 is 5.97 Å². The summed E-state index contributed by atoms with van der Waals surface area (Å²) in [5.41, 5.74) is 2.24. The van der Waals surface area contributed by atoms with Crippen LogP contribution in [0.25, 0.3) is 0 Å². The van der Waals surface area contributed by atoms with E-state index in [9.17, 15) is 4.79 Å². The van der Waals surface area contributed by atoms with E-state index < -0.39 is 0 Å². The largest absolute Gasteiger partial charge is 0.469 e. The fourth-order valence-corrected chi connectivity index (χ4v) is 3.26. The van der Waals surface area contributed by atoms with Gasteiger partial charge in [0, 0.05) is 38.9 Å². The number of aryl methyl sites for hydroxylation is 3. The van der Waals surface area contributed by atoms with Gasteiger partial charge in [0.1, 0.15) is 0 Å². The summed E-state index contributed by atoms with van der Waals surface area (Å²) in [7, 11) is 3.23. The quantitative estimate of drug-likeness (QED) is 0.237. The van der Waals surface area contributed by atoms with Crippen LogP contribution >= 0.6 is 24.0 Å². The Morgan fingerprint density at radius 3 is 2.72 bits per heavy atom. The molecule has 1 aliphatic heterocycles. The highest BCUT2D eigenvalue weighted by molar-refractivity contribution is 14.0. The van der Waals surface area contributed by atoms with E-state index in [-0.39, 0.29) is 41.8 Å². The number of methoxy groups -OCH3 is 1. The van der Waals surface area contributed by atoms with Crippen LogP contribution in [0.15, 0.2) is 11.1 Å². The lowest BCUT2D eigenvalue weighted by molar-refractivity contribution is -0.145. The molecule has 25 heavy (non-hydrogen) atoms. The first-order valence-electron chi connectivity index (χ1n) is 8.50. The van der Waals surface area contributed by atoms with Gasteiger partial charge in [0.05, 0.1) is 18.7 Å². The minimum atomic E-state index is -0.134. The number of halogens is 1. The summed E-state index contributed by atoms with van der Waals surface area (Å²) in [6, 6.07) is 2.09. The highest BCUT2D eigenvalue weighted by Crippen LogP contribution is 2.24. The molecule has 2 heterocycles. The second kappa shape index (κ2) is 9.98.